The van der Waals surface area contributed by atoms with E-state index in [4.69, 9.17) is 4.74 Å². The molecule has 2 saturated heterocycles. The van der Waals surface area contributed by atoms with Crippen LogP contribution in [0.1, 0.15) is 16.7 Å². The number of benzene rings is 2. The summed E-state index contributed by atoms with van der Waals surface area (Å²) in [5, 5.41) is 2.95. The molecule has 0 spiro atoms. The van der Waals surface area contributed by atoms with Gasteiger partial charge in [-0.1, -0.05) is 36.4 Å². The van der Waals surface area contributed by atoms with Gasteiger partial charge in [-0.3, -0.25) is 14.5 Å². The first-order valence-electron chi connectivity index (χ1n) is 10.1. The summed E-state index contributed by atoms with van der Waals surface area (Å²) >= 11 is 0. The van der Waals surface area contributed by atoms with Gasteiger partial charge in [0.1, 0.15) is 17.8 Å². The van der Waals surface area contributed by atoms with E-state index in [-0.39, 0.29) is 11.8 Å². The number of carbonyl (C=O) groups is 2. The van der Waals surface area contributed by atoms with E-state index < -0.39 is 12.1 Å². The third-order valence-corrected chi connectivity index (χ3v) is 5.92. The lowest BCUT2D eigenvalue weighted by Gasteiger charge is -2.45. The van der Waals surface area contributed by atoms with Crippen molar-refractivity contribution in [2.24, 2.45) is 0 Å². The summed E-state index contributed by atoms with van der Waals surface area (Å²) in [4.78, 5) is 29.8. The first-order valence-corrected chi connectivity index (χ1v) is 10.1. The molecular weight excluding hydrogens is 366 g/mol. The summed E-state index contributed by atoms with van der Waals surface area (Å²) in [5.41, 5.74) is 3.51. The minimum Gasteiger partial charge on any atom is -0.497 e. The van der Waals surface area contributed by atoms with Crippen LogP contribution in [0.25, 0.3) is 0 Å². The van der Waals surface area contributed by atoms with Gasteiger partial charge in [0, 0.05) is 32.6 Å². The molecule has 6 nitrogen and oxygen atoms in total. The Labute approximate surface area is 171 Å². The molecule has 2 aromatic carbocycles. The summed E-state index contributed by atoms with van der Waals surface area (Å²) < 4.78 is 5.18. The third-order valence-electron chi connectivity index (χ3n) is 5.92. The summed E-state index contributed by atoms with van der Waals surface area (Å²) in [6, 6.07) is 15.0. The second-order valence-corrected chi connectivity index (χ2v) is 7.82. The predicted octanol–water partition coefficient (Wildman–Crippen LogP) is 1.76. The highest BCUT2D eigenvalue weighted by Crippen LogP contribution is 2.21. The van der Waals surface area contributed by atoms with E-state index in [1.165, 1.54) is 11.1 Å². The molecular formula is C23H27N3O3. The summed E-state index contributed by atoms with van der Waals surface area (Å²) in [7, 11) is 1.62. The number of carbonyl (C=O) groups excluding carboxylic acids is 2. The predicted molar refractivity (Wildman–Crippen MR) is 111 cm³/mol. The highest BCUT2D eigenvalue weighted by Gasteiger charge is 2.43. The molecule has 2 aliphatic heterocycles. The largest absolute Gasteiger partial charge is 0.497 e. The van der Waals surface area contributed by atoms with E-state index >= 15 is 0 Å². The van der Waals surface area contributed by atoms with Crippen LogP contribution in [0.4, 0.5) is 0 Å². The summed E-state index contributed by atoms with van der Waals surface area (Å²) in [6.45, 7) is 4.84. The zero-order valence-corrected chi connectivity index (χ0v) is 16.9. The molecule has 0 radical (unpaired) electrons. The zero-order chi connectivity index (χ0) is 20.4. The minimum atomic E-state index is -0.505. The molecule has 29 heavy (non-hydrogen) atoms. The third kappa shape index (κ3) is 4.12. The molecule has 1 N–H and O–H groups in total. The molecule has 152 valence electrons. The lowest BCUT2D eigenvalue weighted by atomic mass is 9.98. The molecule has 2 atom stereocenters. The SMILES string of the molecule is COc1ccc(C[C@@H]2NC(=O)[C@H]3CN(Cc4ccccc4C)CCN3C2=O)cc1. The lowest BCUT2D eigenvalue weighted by Crippen LogP contribution is -2.69. The Kier molecular flexibility index (Phi) is 5.53. The fourth-order valence-electron chi connectivity index (χ4n) is 4.17. The molecule has 2 aromatic rings. The van der Waals surface area contributed by atoms with Crippen LogP contribution in [0, 0.1) is 6.92 Å². The van der Waals surface area contributed by atoms with Gasteiger partial charge in [0.15, 0.2) is 0 Å². The Morgan fingerprint density at radius 3 is 2.55 bits per heavy atom. The molecule has 2 fully saturated rings. The molecule has 6 heteroatoms. The van der Waals surface area contributed by atoms with Crippen LogP contribution in [0.15, 0.2) is 48.5 Å². The number of aryl methyl sites for hydroxylation is 1. The van der Waals surface area contributed by atoms with Gasteiger partial charge in [-0.25, -0.2) is 0 Å². The number of rotatable bonds is 5. The van der Waals surface area contributed by atoms with Gasteiger partial charge in [-0.05, 0) is 35.7 Å². The van der Waals surface area contributed by atoms with Crippen molar-refractivity contribution < 1.29 is 14.3 Å². The number of amides is 2. The standard InChI is InChI=1S/C23H27N3O3/c1-16-5-3-4-6-18(16)14-25-11-12-26-21(15-25)22(27)24-20(23(26)28)13-17-7-9-19(29-2)10-8-17/h3-10,20-21H,11-15H2,1-2H3,(H,24,27)/t20-,21+/m0/s1. The molecule has 0 bridgehead atoms. The van der Waals surface area contributed by atoms with Crippen LogP contribution in [0.5, 0.6) is 5.75 Å². The fourth-order valence-corrected chi connectivity index (χ4v) is 4.17. The van der Waals surface area contributed by atoms with Crippen LogP contribution in [-0.2, 0) is 22.6 Å². The first kappa shape index (κ1) is 19.5. The number of hydrogen-bond acceptors (Lipinski definition) is 4. The second kappa shape index (κ2) is 8.25. The monoisotopic (exact) mass is 393 g/mol. The Bertz CT molecular complexity index is 896. The quantitative estimate of drug-likeness (QED) is 0.841. The van der Waals surface area contributed by atoms with Crippen molar-refractivity contribution in [3.63, 3.8) is 0 Å². The smallest absolute Gasteiger partial charge is 0.246 e. The van der Waals surface area contributed by atoms with Gasteiger partial charge in [-0.15, -0.1) is 0 Å². The lowest BCUT2D eigenvalue weighted by molar-refractivity contribution is -0.153. The van der Waals surface area contributed by atoms with Crippen molar-refractivity contribution in [1.29, 1.82) is 0 Å². The molecule has 2 amide bonds. The Hall–Kier alpha value is -2.86. The molecule has 0 aliphatic carbocycles. The zero-order valence-electron chi connectivity index (χ0n) is 16.9. The van der Waals surface area contributed by atoms with E-state index in [9.17, 15) is 9.59 Å². The van der Waals surface area contributed by atoms with Crippen molar-refractivity contribution in [3.8, 4) is 5.75 Å². The maximum absolute atomic E-state index is 13.0. The minimum absolute atomic E-state index is 0.0148. The number of nitrogens with zero attached hydrogens (tertiary/aromatic N) is 2. The first-order chi connectivity index (χ1) is 14.0. The highest BCUT2D eigenvalue weighted by molar-refractivity contribution is 5.97. The number of ether oxygens (including phenoxy) is 1. The number of hydrogen-bond donors (Lipinski definition) is 1. The van der Waals surface area contributed by atoms with Gasteiger partial charge < -0.3 is 15.0 Å². The van der Waals surface area contributed by atoms with Crippen molar-refractivity contribution >= 4 is 11.8 Å². The van der Waals surface area contributed by atoms with Crippen LogP contribution in [0.3, 0.4) is 0 Å². The number of methoxy groups -OCH3 is 1. The second-order valence-electron chi connectivity index (χ2n) is 7.82. The molecule has 0 unspecified atom stereocenters. The molecule has 2 aliphatic rings. The molecule has 4 rings (SSSR count). The van der Waals surface area contributed by atoms with E-state index in [2.05, 4.69) is 29.3 Å². The van der Waals surface area contributed by atoms with Crippen molar-refractivity contribution in [2.75, 3.05) is 26.7 Å². The van der Waals surface area contributed by atoms with Crippen molar-refractivity contribution in [3.05, 3.63) is 65.2 Å². The van der Waals surface area contributed by atoms with Crippen molar-refractivity contribution in [1.82, 2.24) is 15.1 Å². The number of nitrogens with one attached hydrogen (secondary N) is 1. The van der Waals surface area contributed by atoms with Gasteiger partial charge >= 0.3 is 0 Å². The average Bonchev–Trinajstić information content (AvgIpc) is 2.74. The highest BCUT2D eigenvalue weighted by atomic mass is 16.5. The van der Waals surface area contributed by atoms with E-state index in [1.807, 2.05) is 36.4 Å². The van der Waals surface area contributed by atoms with Gasteiger partial charge in [0.2, 0.25) is 11.8 Å². The molecule has 2 heterocycles. The fraction of sp³-hybridized carbons (Fsp3) is 0.391. The van der Waals surface area contributed by atoms with Crippen LogP contribution in [-0.4, -0.2) is 60.4 Å². The Morgan fingerprint density at radius 2 is 1.83 bits per heavy atom. The van der Waals surface area contributed by atoms with Gasteiger partial charge in [0.05, 0.1) is 7.11 Å². The maximum atomic E-state index is 13.0. The Morgan fingerprint density at radius 1 is 1.07 bits per heavy atom. The maximum Gasteiger partial charge on any atom is 0.246 e. The summed E-state index contributed by atoms with van der Waals surface area (Å²) in [5.74, 6) is 0.733. The van der Waals surface area contributed by atoms with E-state index in [1.54, 1.807) is 12.0 Å². The Balaban J connectivity index is 1.41. The van der Waals surface area contributed by atoms with Gasteiger partial charge in [-0.2, -0.15) is 0 Å². The van der Waals surface area contributed by atoms with E-state index in [0.717, 1.165) is 24.4 Å². The van der Waals surface area contributed by atoms with E-state index in [0.29, 0.717) is 19.5 Å². The van der Waals surface area contributed by atoms with Crippen LogP contribution >= 0.6 is 0 Å². The average molecular weight is 393 g/mol. The van der Waals surface area contributed by atoms with Crippen LogP contribution in [0.2, 0.25) is 0 Å². The normalized spacial score (nSPS) is 22.2. The molecule has 0 aromatic heterocycles. The van der Waals surface area contributed by atoms with Gasteiger partial charge in [0.25, 0.3) is 0 Å². The summed E-state index contributed by atoms with van der Waals surface area (Å²) in [6.07, 6.45) is 0.491. The molecule has 0 saturated carbocycles. The van der Waals surface area contributed by atoms with Crippen molar-refractivity contribution in [2.45, 2.75) is 32.0 Å². The number of fused-ring (bicyclic) bond motifs is 1. The number of piperazine rings is 2. The van der Waals surface area contributed by atoms with Crippen LogP contribution < -0.4 is 10.1 Å². The topological polar surface area (TPSA) is 61.9 Å².